The van der Waals surface area contributed by atoms with Gasteiger partial charge in [0.2, 0.25) is 0 Å². The Kier molecular flexibility index (Phi) is 5.25. The Morgan fingerprint density at radius 2 is 1.96 bits per heavy atom. The van der Waals surface area contributed by atoms with Crippen LogP contribution in [0.1, 0.15) is 23.2 Å². The van der Waals surface area contributed by atoms with Gasteiger partial charge in [-0.15, -0.1) is 0 Å². The number of benzene rings is 2. The van der Waals surface area contributed by atoms with E-state index in [1.54, 1.807) is 29.2 Å². The number of halogens is 2. The molecule has 2 aromatic rings. The van der Waals surface area contributed by atoms with Crippen molar-refractivity contribution in [2.75, 3.05) is 19.7 Å². The summed E-state index contributed by atoms with van der Waals surface area (Å²) in [7, 11) is 0. The molecule has 2 aromatic carbocycles. The highest BCUT2D eigenvalue weighted by Gasteiger charge is 2.36. The minimum atomic E-state index is -1.15. The molecule has 1 atom stereocenters. The van der Waals surface area contributed by atoms with Crippen LogP contribution in [0.3, 0.4) is 0 Å². The van der Waals surface area contributed by atoms with Gasteiger partial charge >= 0.3 is 0 Å². The summed E-state index contributed by atoms with van der Waals surface area (Å²) in [5.74, 6) is -0.0740. The normalized spacial score (nSPS) is 20.4. The average Bonchev–Trinajstić information content (AvgIpc) is 2.61. The molecule has 25 heavy (non-hydrogen) atoms. The molecule has 6 heteroatoms. The smallest absolute Gasteiger partial charge is 0.255 e. The highest BCUT2D eigenvalue weighted by Crippen LogP contribution is 2.26. The van der Waals surface area contributed by atoms with Gasteiger partial charge in [0.25, 0.3) is 5.91 Å². The molecule has 1 N–H and O–H groups in total. The lowest BCUT2D eigenvalue weighted by Gasteiger charge is -2.39. The fraction of sp³-hybridized carbons (Fsp3) is 0.316. The van der Waals surface area contributed by atoms with E-state index in [-0.39, 0.29) is 24.9 Å². The molecule has 132 valence electrons. The lowest BCUT2D eigenvalue weighted by atomic mass is 9.93. The van der Waals surface area contributed by atoms with Crippen molar-refractivity contribution in [2.45, 2.75) is 18.4 Å². The molecule has 3 rings (SSSR count). The van der Waals surface area contributed by atoms with Gasteiger partial charge in [0, 0.05) is 6.54 Å². The maximum atomic E-state index is 12.9. The maximum Gasteiger partial charge on any atom is 0.255 e. The number of piperidine rings is 1. The van der Waals surface area contributed by atoms with Crippen LogP contribution >= 0.6 is 11.6 Å². The fourth-order valence-corrected chi connectivity index (χ4v) is 3.17. The zero-order valence-electron chi connectivity index (χ0n) is 13.6. The largest absolute Gasteiger partial charge is 0.491 e. The summed E-state index contributed by atoms with van der Waals surface area (Å²) in [5.41, 5.74) is -0.725. The SMILES string of the molecule is O=C(c1ccccc1Cl)N1CCCC(O)(COc2ccc(F)cc2)C1. The Labute approximate surface area is 150 Å². The van der Waals surface area contributed by atoms with Gasteiger partial charge < -0.3 is 14.7 Å². The molecule has 1 aliphatic heterocycles. The number of β-amino-alcohol motifs (C(OH)–C–C–N with tert-alkyl or cyclic N) is 1. The molecule has 0 spiro atoms. The summed E-state index contributed by atoms with van der Waals surface area (Å²) in [6.07, 6.45) is 1.19. The number of nitrogens with zero attached hydrogens (tertiary/aromatic N) is 1. The van der Waals surface area contributed by atoms with Crippen molar-refractivity contribution in [3.63, 3.8) is 0 Å². The van der Waals surface area contributed by atoms with Gasteiger partial charge in [-0.25, -0.2) is 4.39 Å². The van der Waals surface area contributed by atoms with Gasteiger partial charge in [-0.1, -0.05) is 23.7 Å². The van der Waals surface area contributed by atoms with Crippen LogP contribution in [0.4, 0.5) is 4.39 Å². The van der Waals surface area contributed by atoms with Crippen LogP contribution in [-0.4, -0.2) is 41.2 Å². The predicted octanol–water partition coefficient (Wildman–Crippen LogP) is 3.53. The van der Waals surface area contributed by atoms with Crippen LogP contribution in [0.5, 0.6) is 5.75 Å². The third-order valence-electron chi connectivity index (χ3n) is 4.27. The van der Waals surface area contributed by atoms with E-state index in [0.29, 0.717) is 35.7 Å². The number of likely N-dealkylation sites (tertiary alicyclic amines) is 1. The van der Waals surface area contributed by atoms with Crippen molar-refractivity contribution >= 4 is 17.5 Å². The Bertz CT molecular complexity index is 753. The average molecular weight is 364 g/mol. The van der Waals surface area contributed by atoms with E-state index in [1.165, 1.54) is 24.3 Å². The van der Waals surface area contributed by atoms with Crippen molar-refractivity contribution in [2.24, 2.45) is 0 Å². The number of carbonyl (C=O) groups excluding carboxylic acids is 1. The van der Waals surface area contributed by atoms with E-state index in [0.717, 1.165) is 0 Å². The topological polar surface area (TPSA) is 49.8 Å². The Morgan fingerprint density at radius 1 is 1.24 bits per heavy atom. The number of amides is 1. The first-order valence-electron chi connectivity index (χ1n) is 8.11. The van der Waals surface area contributed by atoms with Crippen LogP contribution in [0.2, 0.25) is 5.02 Å². The van der Waals surface area contributed by atoms with Crippen molar-refractivity contribution in [3.05, 3.63) is 64.9 Å². The van der Waals surface area contributed by atoms with Gasteiger partial charge in [0.05, 0.1) is 17.1 Å². The zero-order chi connectivity index (χ0) is 17.9. The second-order valence-electron chi connectivity index (χ2n) is 6.28. The monoisotopic (exact) mass is 363 g/mol. The Hall–Kier alpha value is -2.11. The highest BCUT2D eigenvalue weighted by molar-refractivity contribution is 6.33. The Morgan fingerprint density at radius 3 is 2.68 bits per heavy atom. The van der Waals surface area contributed by atoms with E-state index in [1.807, 2.05) is 0 Å². The third kappa shape index (κ3) is 4.30. The first kappa shape index (κ1) is 17.7. The van der Waals surface area contributed by atoms with Crippen molar-refractivity contribution in [1.29, 1.82) is 0 Å². The summed E-state index contributed by atoms with van der Waals surface area (Å²) in [6, 6.07) is 12.5. The summed E-state index contributed by atoms with van der Waals surface area (Å²) in [4.78, 5) is 14.3. The number of ether oxygens (including phenoxy) is 1. The molecule has 1 fully saturated rings. The lowest BCUT2D eigenvalue weighted by Crippen LogP contribution is -2.53. The van der Waals surface area contributed by atoms with Gasteiger partial charge in [-0.2, -0.15) is 0 Å². The molecule has 1 saturated heterocycles. The quantitative estimate of drug-likeness (QED) is 0.904. The predicted molar refractivity (Wildman–Crippen MR) is 93.4 cm³/mol. The van der Waals surface area contributed by atoms with E-state index >= 15 is 0 Å². The molecule has 1 heterocycles. The van der Waals surface area contributed by atoms with Crippen LogP contribution in [0, 0.1) is 5.82 Å². The molecule has 0 saturated carbocycles. The molecule has 0 bridgehead atoms. The summed E-state index contributed by atoms with van der Waals surface area (Å²) < 4.78 is 18.5. The molecule has 0 aliphatic carbocycles. The first-order valence-corrected chi connectivity index (χ1v) is 8.49. The first-order chi connectivity index (χ1) is 12.0. The van der Waals surface area contributed by atoms with Crippen molar-refractivity contribution < 1.29 is 19.0 Å². The van der Waals surface area contributed by atoms with Crippen LogP contribution in [-0.2, 0) is 0 Å². The molecule has 0 radical (unpaired) electrons. The summed E-state index contributed by atoms with van der Waals surface area (Å²) in [6.45, 7) is 0.756. The molecule has 4 nitrogen and oxygen atoms in total. The van der Waals surface area contributed by atoms with E-state index < -0.39 is 5.60 Å². The molecular formula is C19H19ClFNO3. The fourth-order valence-electron chi connectivity index (χ4n) is 2.96. The maximum absolute atomic E-state index is 12.9. The van der Waals surface area contributed by atoms with Gasteiger partial charge in [-0.3, -0.25) is 4.79 Å². The summed E-state index contributed by atoms with van der Waals surface area (Å²) in [5, 5.41) is 11.2. The molecule has 1 unspecified atom stereocenters. The standard InChI is InChI=1S/C19H19ClFNO3/c20-17-5-2-1-4-16(17)18(23)22-11-3-10-19(24,12-22)13-25-15-8-6-14(21)7-9-15/h1-2,4-9,24H,3,10-13H2. The van der Waals surface area contributed by atoms with Crippen LogP contribution in [0.15, 0.2) is 48.5 Å². The van der Waals surface area contributed by atoms with E-state index in [2.05, 4.69) is 0 Å². The van der Waals surface area contributed by atoms with Gasteiger partial charge in [-0.05, 0) is 49.2 Å². The second kappa shape index (κ2) is 7.42. The van der Waals surface area contributed by atoms with Crippen LogP contribution < -0.4 is 4.74 Å². The summed E-state index contributed by atoms with van der Waals surface area (Å²) >= 11 is 6.10. The zero-order valence-corrected chi connectivity index (χ0v) is 14.4. The minimum Gasteiger partial charge on any atom is -0.491 e. The molecule has 1 aliphatic rings. The van der Waals surface area contributed by atoms with E-state index in [9.17, 15) is 14.3 Å². The van der Waals surface area contributed by atoms with Crippen LogP contribution in [0.25, 0.3) is 0 Å². The van der Waals surface area contributed by atoms with Crippen molar-refractivity contribution in [1.82, 2.24) is 4.90 Å². The second-order valence-corrected chi connectivity index (χ2v) is 6.68. The molecular weight excluding hydrogens is 345 g/mol. The van der Waals surface area contributed by atoms with Crippen molar-refractivity contribution in [3.8, 4) is 5.75 Å². The number of rotatable bonds is 4. The Balaban J connectivity index is 1.66. The molecule has 0 aromatic heterocycles. The van der Waals surface area contributed by atoms with E-state index in [4.69, 9.17) is 16.3 Å². The minimum absolute atomic E-state index is 0.0327. The lowest BCUT2D eigenvalue weighted by molar-refractivity contribution is -0.0532. The number of carbonyl (C=O) groups is 1. The van der Waals surface area contributed by atoms with Gasteiger partial charge in [0.1, 0.15) is 23.8 Å². The number of aliphatic hydroxyl groups is 1. The van der Waals surface area contributed by atoms with Gasteiger partial charge in [0.15, 0.2) is 0 Å². The number of hydrogen-bond acceptors (Lipinski definition) is 3. The highest BCUT2D eigenvalue weighted by atomic mass is 35.5. The number of hydrogen-bond donors (Lipinski definition) is 1. The third-order valence-corrected chi connectivity index (χ3v) is 4.60. The molecule has 1 amide bonds.